The van der Waals surface area contributed by atoms with Crippen LogP contribution in [0.3, 0.4) is 0 Å². The normalized spacial score (nSPS) is 10.8. The highest BCUT2D eigenvalue weighted by molar-refractivity contribution is 7.80. The number of hydrogen-bond donors (Lipinski definition) is 1. The number of fused-ring (bicyclic) bond motifs is 1. The molecule has 0 spiro atoms. The van der Waals surface area contributed by atoms with E-state index in [2.05, 4.69) is 10.1 Å². The van der Waals surface area contributed by atoms with Gasteiger partial charge in [-0.25, -0.2) is 13.9 Å². The number of nitrogens with zero attached hydrogens (tertiary/aromatic N) is 4. The van der Waals surface area contributed by atoms with E-state index in [-0.39, 0.29) is 5.69 Å². The average Bonchev–Trinajstić information content (AvgIpc) is 2.77. The number of aromatic nitrogens is 4. The number of thiocarbonyl (C=S) groups is 1. The van der Waals surface area contributed by atoms with Crippen LogP contribution in [-0.2, 0) is 6.54 Å². The topological polar surface area (TPSA) is 78.2 Å². The molecule has 0 saturated carbocycles. The first-order valence-electron chi connectivity index (χ1n) is 5.93. The minimum Gasteiger partial charge on any atom is -0.389 e. The lowest BCUT2D eigenvalue weighted by Gasteiger charge is -2.02. The van der Waals surface area contributed by atoms with Gasteiger partial charge in [-0.05, 0) is 5.56 Å². The van der Waals surface area contributed by atoms with Gasteiger partial charge in [0.1, 0.15) is 4.99 Å². The molecule has 0 saturated heterocycles. The summed E-state index contributed by atoms with van der Waals surface area (Å²) in [6.45, 7) is 0.387. The van der Waals surface area contributed by atoms with Crippen molar-refractivity contribution in [2.45, 2.75) is 6.54 Å². The molecular formula is C13H11N5OS. The van der Waals surface area contributed by atoms with Gasteiger partial charge in [0.25, 0.3) is 0 Å². The second-order valence-corrected chi connectivity index (χ2v) is 4.75. The molecule has 0 unspecified atom stereocenters. The quantitative estimate of drug-likeness (QED) is 0.712. The van der Waals surface area contributed by atoms with E-state index in [0.717, 1.165) is 11.1 Å². The maximum atomic E-state index is 12.1. The first-order chi connectivity index (χ1) is 9.65. The molecule has 0 aliphatic heterocycles. The summed E-state index contributed by atoms with van der Waals surface area (Å²) in [7, 11) is 0. The number of rotatable bonds is 3. The zero-order valence-electron chi connectivity index (χ0n) is 10.4. The second-order valence-electron chi connectivity index (χ2n) is 4.31. The van der Waals surface area contributed by atoms with Gasteiger partial charge in [0, 0.05) is 18.0 Å². The molecule has 3 aromatic rings. The van der Waals surface area contributed by atoms with Crippen LogP contribution in [0, 0.1) is 0 Å². The second kappa shape index (κ2) is 4.86. The van der Waals surface area contributed by atoms with Crippen molar-refractivity contribution >= 4 is 22.9 Å². The summed E-state index contributed by atoms with van der Waals surface area (Å²) in [5.41, 5.74) is 7.63. The van der Waals surface area contributed by atoms with Crippen molar-refractivity contribution in [3.8, 4) is 0 Å². The van der Waals surface area contributed by atoms with Crippen molar-refractivity contribution in [2.24, 2.45) is 5.73 Å². The van der Waals surface area contributed by atoms with Crippen molar-refractivity contribution in [1.82, 2.24) is 19.2 Å². The van der Waals surface area contributed by atoms with Gasteiger partial charge >= 0.3 is 5.69 Å². The Hall–Kier alpha value is -2.54. The fourth-order valence-corrected chi connectivity index (χ4v) is 2.07. The largest absolute Gasteiger partial charge is 0.389 e. The Labute approximate surface area is 119 Å². The Morgan fingerprint density at radius 3 is 2.70 bits per heavy atom. The number of nitrogens with two attached hydrogens (primary N) is 1. The van der Waals surface area contributed by atoms with Crippen LogP contribution in [0.25, 0.3) is 5.65 Å². The highest BCUT2D eigenvalue weighted by Crippen LogP contribution is 2.05. The standard InChI is InChI=1S/C13H11N5OS/c14-12(20)10-3-1-9(2-4-10)8-18-13(19)17-6-5-15-7-11(17)16-18/h1-7H,8H2,(H2,14,20). The van der Waals surface area contributed by atoms with Crippen LogP contribution in [0.4, 0.5) is 0 Å². The zero-order chi connectivity index (χ0) is 14.1. The fraction of sp³-hybridized carbons (Fsp3) is 0.0769. The van der Waals surface area contributed by atoms with E-state index in [0.29, 0.717) is 17.2 Å². The van der Waals surface area contributed by atoms with Gasteiger partial charge in [-0.2, -0.15) is 0 Å². The van der Waals surface area contributed by atoms with E-state index >= 15 is 0 Å². The molecule has 0 bridgehead atoms. The maximum Gasteiger partial charge on any atom is 0.350 e. The van der Waals surface area contributed by atoms with Crippen LogP contribution in [-0.4, -0.2) is 24.2 Å². The lowest BCUT2D eigenvalue weighted by Crippen LogP contribution is -2.21. The number of benzene rings is 1. The van der Waals surface area contributed by atoms with Gasteiger partial charge in [-0.3, -0.25) is 4.98 Å². The van der Waals surface area contributed by atoms with E-state index in [4.69, 9.17) is 18.0 Å². The number of hydrogen-bond acceptors (Lipinski definition) is 4. The Kier molecular flexibility index (Phi) is 3.03. The first kappa shape index (κ1) is 12.5. The molecule has 2 heterocycles. The van der Waals surface area contributed by atoms with Crippen LogP contribution in [0.15, 0.2) is 47.7 Å². The van der Waals surface area contributed by atoms with Crippen molar-refractivity contribution in [3.63, 3.8) is 0 Å². The summed E-state index contributed by atoms with van der Waals surface area (Å²) in [5.74, 6) is 0. The maximum absolute atomic E-state index is 12.1. The summed E-state index contributed by atoms with van der Waals surface area (Å²) < 4.78 is 2.85. The van der Waals surface area contributed by atoms with Crippen LogP contribution < -0.4 is 11.4 Å². The molecule has 2 N–H and O–H groups in total. The molecule has 0 amide bonds. The molecular weight excluding hydrogens is 274 g/mol. The predicted molar refractivity (Wildman–Crippen MR) is 78.7 cm³/mol. The van der Waals surface area contributed by atoms with Gasteiger partial charge in [-0.15, -0.1) is 5.10 Å². The third kappa shape index (κ3) is 2.19. The highest BCUT2D eigenvalue weighted by atomic mass is 32.1. The fourth-order valence-electron chi connectivity index (χ4n) is 1.93. The lowest BCUT2D eigenvalue weighted by atomic mass is 10.1. The van der Waals surface area contributed by atoms with Gasteiger partial charge in [-0.1, -0.05) is 36.5 Å². The molecule has 0 aliphatic rings. The molecule has 2 aromatic heterocycles. The van der Waals surface area contributed by atoms with Crippen molar-refractivity contribution < 1.29 is 0 Å². The van der Waals surface area contributed by atoms with Crippen LogP contribution in [0.1, 0.15) is 11.1 Å². The molecule has 7 heteroatoms. The van der Waals surface area contributed by atoms with Crippen LogP contribution in [0.5, 0.6) is 0 Å². The van der Waals surface area contributed by atoms with Gasteiger partial charge in [0.15, 0.2) is 5.65 Å². The molecule has 100 valence electrons. The molecule has 0 radical (unpaired) electrons. The van der Waals surface area contributed by atoms with E-state index in [9.17, 15) is 4.79 Å². The SMILES string of the molecule is NC(=S)c1ccc(Cn2nc3cnccn3c2=O)cc1. The van der Waals surface area contributed by atoms with E-state index in [1.807, 2.05) is 24.3 Å². The molecule has 20 heavy (non-hydrogen) atoms. The third-order valence-electron chi connectivity index (χ3n) is 2.96. The molecule has 6 nitrogen and oxygen atoms in total. The van der Waals surface area contributed by atoms with E-state index < -0.39 is 0 Å². The third-order valence-corrected chi connectivity index (χ3v) is 3.20. The van der Waals surface area contributed by atoms with Crippen molar-refractivity contribution in [3.05, 3.63) is 64.5 Å². The summed E-state index contributed by atoms with van der Waals surface area (Å²) in [6.07, 6.45) is 4.70. The lowest BCUT2D eigenvalue weighted by molar-refractivity contribution is 0.659. The van der Waals surface area contributed by atoms with Gasteiger partial charge in [0.05, 0.1) is 12.7 Å². The van der Waals surface area contributed by atoms with Crippen molar-refractivity contribution in [1.29, 1.82) is 0 Å². The van der Waals surface area contributed by atoms with Crippen molar-refractivity contribution in [2.75, 3.05) is 0 Å². The Morgan fingerprint density at radius 1 is 1.30 bits per heavy atom. The summed E-state index contributed by atoms with van der Waals surface area (Å²) in [6, 6.07) is 7.42. The zero-order valence-corrected chi connectivity index (χ0v) is 11.2. The monoisotopic (exact) mass is 285 g/mol. The van der Waals surface area contributed by atoms with E-state index in [1.165, 1.54) is 9.08 Å². The molecule has 0 fully saturated rings. The Bertz CT molecular complexity index is 834. The van der Waals surface area contributed by atoms with Crippen LogP contribution in [0.2, 0.25) is 0 Å². The minimum absolute atomic E-state index is 0.194. The minimum atomic E-state index is -0.194. The van der Waals surface area contributed by atoms with Gasteiger partial charge in [0.2, 0.25) is 0 Å². The predicted octanol–water partition coefficient (Wildman–Crippen LogP) is 0.573. The highest BCUT2D eigenvalue weighted by Gasteiger charge is 2.07. The summed E-state index contributed by atoms with van der Waals surface area (Å²) in [5, 5.41) is 4.22. The Balaban J connectivity index is 1.95. The molecule has 3 rings (SSSR count). The first-order valence-corrected chi connectivity index (χ1v) is 6.34. The summed E-state index contributed by atoms with van der Waals surface area (Å²) in [4.78, 5) is 16.4. The van der Waals surface area contributed by atoms with Crippen LogP contribution >= 0.6 is 12.2 Å². The van der Waals surface area contributed by atoms with E-state index in [1.54, 1.807) is 18.6 Å². The smallest absolute Gasteiger partial charge is 0.350 e. The molecule has 1 aromatic carbocycles. The average molecular weight is 285 g/mol. The van der Waals surface area contributed by atoms with Gasteiger partial charge < -0.3 is 5.73 Å². The Morgan fingerprint density at radius 2 is 2.05 bits per heavy atom. The summed E-state index contributed by atoms with van der Waals surface area (Å²) >= 11 is 4.90. The molecule has 0 atom stereocenters. The molecule has 0 aliphatic carbocycles.